The number of allylic oxidation sites excluding steroid dienone is 2. The largest absolute Gasteiger partial charge is 0.481 e. The van der Waals surface area contributed by atoms with Crippen LogP contribution in [0.15, 0.2) is 12.2 Å². The van der Waals surface area contributed by atoms with Crippen LogP contribution in [0.4, 0.5) is 0 Å². The molecule has 1 N–H and O–H groups in total. The fraction of sp³-hybridized carbons (Fsp3) is 0.882. The van der Waals surface area contributed by atoms with Gasteiger partial charge in [-0.05, 0) is 64.2 Å². The lowest BCUT2D eigenvalue weighted by Crippen LogP contribution is -2.18. The lowest BCUT2D eigenvalue weighted by Gasteiger charge is -2.18. The molecule has 0 aromatic heterocycles. The number of esters is 1. The molecule has 0 bridgehead atoms. The standard InChI is InChI=1S/C34H64O4/c1-3-5-7-9-11-12-13-14-15-16-17-23-27-31-34(37)38-32(28-24-20-10-8-6-4-2)29-25-21-18-19-22-26-30-33(35)36/h12-13,32H,3-11,14-31H2,1-2H3,(H,35,36)/b13-12-/t32-/m1/s1. The average Bonchev–Trinajstić information content (AvgIpc) is 2.89. The molecule has 0 saturated carbocycles. The van der Waals surface area contributed by atoms with E-state index >= 15 is 0 Å². The quantitative estimate of drug-likeness (QED) is 0.0563. The van der Waals surface area contributed by atoms with Crippen LogP contribution < -0.4 is 0 Å². The summed E-state index contributed by atoms with van der Waals surface area (Å²) in [6, 6.07) is 0. The SMILES string of the molecule is CCCCCC/C=C\CCCCCCCC(=O)O[C@H](CCCCCCCC)CCCCCCCCC(=O)O. The molecule has 0 radical (unpaired) electrons. The van der Waals surface area contributed by atoms with Crippen LogP contribution in [0.1, 0.15) is 187 Å². The van der Waals surface area contributed by atoms with Crippen LogP contribution >= 0.6 is 0 Å². The summed E-state index contributed by atoms with van der Waals surface area (Å²) in [5.74, 6) is -0.693. The van der Waals surface area contributed by atoms with Gasteiger partial charge in [-0.25, -0.2) is 0 Å². The van der Waals surface area contributed by atoms with Crippen molar-refractivity contribution in [3.05, 3.63) is 12.2 Å². The van der Waals surface area contributed by atoms with Crippen molar-refractivity contribution in [2.75, 3.05) is 0 Å². The van der Waals surface area contributed by atoms with Crippen molar-refractivity contribution < 1.29 is 19.4 Å². The lowest BCUT2D eigenvalue weighted by molar-refractivity contribution is -0.150. The third-order valence-corrected chi connectivity index (χ3v) is 7.49. The van der Waals surface area contributed by atoms with Gasteiger partial charge in [-0.3, -0.25) is 9.59 Å². The summed E-state index contributed by atoms with van der Waals surface area (Å²) in [6.45, 7) is 4.50. The summed E-state index contributed by atoms with van der Waals surface area (Å²) in [6.07, 6.45) is 35.1. The summed E-state index contributed by atoms with van der Waals surface area (Å²) in [5.41, 5.74) is 0. The van der Waals surface area contributed by atoms with Gasteiger partial charge >= 0.3 is 11.9 Å². The monoisotopic (exact) mass is 536 g/mol. The van der Waals surface area contributed by atoms with Gasteiger partial charge in [0.1, 0.15) is 6.10 Å². The van der Waals surface area contributed by atoms with Crippen molar-refractivity contribution in [1.82, 2.24) is 0 Å². The molecule has 0 spiro atoms. The van der Waals surface area contributed by atoms with Crippen molar-refractivity contribution in [1.29, 1.82) is 0 Å². The molecule has 0 fully saturated rings. The Morgan fingerprint density at radius 3 is 1.45 bits per heavy atom. The number of rotatable bonds is 30. The first-order valence-corrected chi connectivity index (χ1v) is 16.7. The summed E-state index contributed by atoms with van der Waals surface area (Å²) in [5, 5.41) is 8.73. The number of carbonyl (C=O) groups excluding carboxylic acids is 1. The van der Waals surface area contributed by atoms with Crippen LogP contribution in [-0.2, 0) is 14.3 Å². The van der Waals surface area contributed by atoms with Crippen molar-refractivity contribution in [2.24, 2.45) is 0 Å². The van der Waals surface area contributed by atoms with E-state index in [0.717, 1.165) is 70.6 Å². The van der Waals surface area contributed by atoms with E-state index in [1.807, 2.05) is 0 Å². The number of hydrogen-bond donors (Lipinski definition) is 1. The molecule has 4 heteroatoms. The second-order valence-corrected chi connectivity index (χ2v) is 11.3. The minimum Gasteiger partial charge on any atom is -0.481 e. The Balaban J connectivity index is 3.97. The number of carboxylic acid groups (broad SMARTS) is 1. The van der Waals surface area contributed by atoms with Crippen molar-refractivity contribution in [2.45, 2.75) is 193 Å². The zero-order valence-corrected chi connectivity index (χ0v) is 25.5. The molecular weight excluding hydrogens is 472 g/mol. The fourth-order valence-electron chi connectivity index (χ4n) is 5.00. The number of carbonyl (C=O) groups is 2. The average molecular weight is 537 g/mol. The van der Waals surface area contributed by atoms with Crippen molar-refractivity contribution in [3.63, 3.8) is 0 Å². The summed E-state index contributed by atoms with van der Waals surface area (Å²) < 4.78 is 5.94. The van der Waals surface area contributed by atoms with Crippen molar-refractivity contribution in [3.8, 4) is 0 Å². The maximum Gasteiger partial charge on any atom is 0.306 e. The Morgan fingerprint density at radius 1 is 0.553 bits per heavy atom. The molecule has 0 unspecified atom stereocenters. The highest BCUT2D eigenvalue weighted by molar-refractivity contribution is 5.69. The second kappa shape index (κ2) is 30.2. The molecule has 0 aromatic rings. The molecule has 0 amide bonds. The Labute approximate surface area is 236 Å². The smallest absolute Gasteiger partial charge is 0.306 e. The van der Waals surface area contributed by atoms with Crippen LogP contribution in [0.3, 0.4) is 0 Å². The normalized spacial score (nSPS) is 12.3. The van der Waals surface area contributed by atoms with Gasteiger partial charge in [-0.1, -0.05) is 122 Å². The van der Waals surface area contributed by atoms with Crippen molar-refractivity contribution >= 4 is 11.9 Å². The molecule has 0 heterocycles. The third kappa shape index (κ3) is 29.2. The van der Waals surface area contributed by atoms with Gasteiger partial charge in [0.15, 0.2) is 0 Å². The highest BCUT2D eigenvalue weighted by Crippen LogP contribution is 2.18. The Bertz CT molecular complexity index is 543. The molecule has 0 aromatic carbocycles. The summed E-state index contributed by atoms with van der Waals surface area (Å²) in [4.78, 5) is 23.1. The van der Waals surface area contributed by atoms with Crippen LogP contribution in [0, 0.1) is 0 Å². The first-order valence-electron chi connectivity index (χ1n) is 16.7. The number of aliphatic carboxylic acids is 1. The lowest BCUT2D eigenvalue weighted by atomic mass is 10.0. The number of unbranched alkanes of at least 4 members (excludes halogenated alkanes) is 19. The van der Waals surface area contributed by atoms with Gasteiger partial charge in [0.05, 0.1) is 0 Å². The van der Waals surface area contributed by atoms with Crippen LogP contribution in [0.5, 0.6) is 0 Å². The van der Waals surface area contributed by atoms with Gasteiger partial charge in [-0.2, -0.15) is 0 Å². The van der Waals surface area contributed by atoms with Crippen LogP contribution in [0.25, 0.3) is 0 Å². The predicted molar refractivity (Wildman–Crippen MR) is 163 cm³/mol. The molecule has 1 atom stereocenters. The number of hydrogen-bond acceptors (Lipinski definition) is 3. The van der Waals surface area contributed by atoms with Gasteiger partial charge < -0.3 is 9.84 Å². The molecule has 38 heavy (non-hydrogen) atoms. The summed E-state index contributed by atoms with van der Waals surface area (Å²) in [7, 11) is 0. The minimum absolute atomic E-state index is 0.000611. The maximum absolute atomic E-state index is 12.5. The van der Waals surface area contributed by atoms with E-state index in [0.29, 0.717) is 6.42 Å². The van der Waals surface area contributed by atoms with E-state index in [1.165, 1.54) is 89.9 Å². The molecule has 0 aliphatic carbocycles. The molecule has 224 valence electrons. The van der Waals surface area contributed by atoms with E-state index in [9.17, 15) is 9.59 Å². The zero-order chi connectivity index (χ0) is 27.9. The molecule has 0 rings (SSSR count). The predicted octanol–water partition coefficient (Wildman–Crippen LogP) is 11.1. The topological polar surface area (TPSA) is 63.6 Å². The van der Waals surface area contributed by atoms with Gasteiger partial charge in [0, 0.05) is 12.8 Å². The number of carboxylic acids is 1. The highest BCUT2D eigenvalue weighted by atomic mass is 16.5. The molecule has 4 nitrogen and oxygen atoms in total. The first-order chi connectivity index (χ1) is 18.6. The van der Waals surface area contributed by atoms with E-state index in [2.05, 4.69) is 26.0 Å². The van der Waals surface area contributed by atoms with Crippen LogP contribution in [-0.4, -0.2) is 23.1 Å². The molecule has 0 aliphatic rings. The van der Waals surface area contributed by atoms with E-state index in [4.69, 9.17) is 9.84 Å². The van der Waals surface area contributed by atoms with E-state index in [1.54, 1.807) is 0 Å². The minimum atomic E-state index is -0.694. The Kier molecular flexibility index (Phi) is 29.2. The van der Waals surface area contributed by atoms with E-state index in [-0.39, 0.29) is 18.5 Å². The van der Waals surface area contributed by atoms with Gasteiger partial charge in [-0.15, -0.1) is 0 Å². The first kappa shape index (κ1) is 36.7. The summed E-state index contributed by atoms with van der Waals surface area (Å²) >= 11 is 0. The van der Waals surface area contributed by atoms with E-state index < -0.39 is 5.97 Å². The Hall–Kier alpha value is -1.32. The highest BCUT2D eigenvalue weighted by Gasteiger charge is 2.14. The molecule has 0 saturated heterocycles. The molecule has 0 aliphatic heterocycles. The zero-order valence-electron chi connectivity index (χ0n) is 25.5. The molecular formula is C34H64O4. The number of ether oxygens (including phenoxy) is 1. The van der Waals surface area contributed by atoms with Gasteiger partial charge in [0.2, 0.25) is 0 Å². The third-order valence-electron chi connectivity index (χ3n) is 7.49. The second-order valence-electron chi connectivity index (χ2n) is 11.3. The van der Waals surface area contributed by atoms with Crippen LogP contribution in [0.2, 0.25) is 0 Å². The maximum atomic E-state index is 12.5. The Morgan fingerprint density at radius 2 is 0.947 bits per heavy atom. The van der Waals surface area contributed by atoms with Gasteiger partial charge in [0.25, 0.3) is 0 Å². The fourth-order valence-corrected chi connectivity index (χ4v) is 5.00.